The number of ether oxygens (including phenoxy) is 2. The Morgan fingerprint density at radius 2 is 2.03 bits per heavy atom. The maximum absolute atomic E-state index is 12.9. The average molecular weight is 416 g/mol. The van der Waals surface area contributed by atoms with Gasteiger partial charge in [-0.2, -0.15) is 0 Å². The van der Waals surface area contributed by atoms with E-state index in [2.05, 4.69) is 5.32 Å². The van der Waals surface area contributed by atoms with Gasteiger partial charge in [0.15, 0.2) is 5.78 Å². The summed E-state index contributed by atoms with van der Waals surface area (Å²) in [7, 11) is 0. The summed E-state index contributed by atoms with van der Waals surface area (Å²) in [4.78, 5) is 50.3. The Labute approximate surface area is 175 Å². The summed E-state index contributed by atoms with van der Waals surface area (Å²) in [5.41, 5.74) is 0.118. The number of amides is 3. The Balaban J connectivity index is 1.66. The molecular formula is C22H28N2O6. The first-order valence-corrected chi connectivity index (χ1v) is 10.3. The number of nitrogens with zero attached hydrogens (tertiary/aromatic N) is 1. The van der Waals surface area contributed by atoms with Crippen molar-refractivity contribution in [1.29, 1.82) is 0 Å². The van der Waals surface area contributed by atoms with Crippen LogP contribution in [0.3, 0.4) is 0 Å². The zero-order valence-electron chi connectivity index (χ0n) is 17.7. The van der Waals surface area contributed by atoms with Gasteiger partial charge >= 0.3 is 12.0 Å². The fourth-order valence-corrected chi connectivity index (χ4v) is 4.18. The third-order valence-electron chi connectivity index (χ3n) is 5.94. The van der Waals surface area contributed by atoms with E-state index in [1.807, 2.05) is 13.8 Å². The minimum Gasteiger partial charge on any atom is -0.493 e. The number of benzene rings is 1. The van der Waals surface area contributed by atoms with E-state index in [1.54, 1.807) is 18.2 Å². The molecule has 8 nitrogen and oxygen atoms in total. The molecule has 1 spiro atoms. The SMILES string of the molecule is CCOc1ccc(C(C)=O)cc1COC(=O)CN1C(=O)N[C@@]2(CCCC[C@H]2C)C1=O. The van der Waals surface area contributed by atoms with Gasteiger partial charge in [-0.25, -0.2) is 4.79 Å². The van der Waals surface area contributed by atoms with Crippen LogP contribution in [0.4, 0.5) is 4.79 Å². The van der Waals surface area contributed by atoms with Gasteiger partial charge in [0.1, 0.15) is 24.4 Å². The number of esters is 1. The van der Waals surface area contributed by atoms with Crippen LogP contribution in [0.2, 0.25) is 0 Å². The van der Waals surface area contributed by atoms with Crippen LogP contribution < -0.4 is 10.1 Å². The van der Waals surface area contributed by atoms with Gasteiger partial charge in [-0.1, -0.05) is 19.8 Å². The van der Waals surface area contributed by atoms with Gasteiger partial charge in [-0.3, -0.25) is 19.3 Å². The van der Waals surface area contributed by atoms with Crippen molar-refractivity contribution >= 4 is 23.7 Å². The van der Waals surface area contributed by atoms with Gasteiger partial charge in [0, 0.05) is 11.1 Å². The quantitative estimate of drug-likeness (QED) is 0.417. The molecular weight excluding hydrogens is 388 g/mol. The van der Waals surface area contributed by atoms with Gasteiger partial charge in [0.25, 0.3) is 5.91 Å². The zero-order valence-corrected chi connectivity index (χ0v) is 17.7. The van der Waals surface area contributed by atoms with Crippen molar-refractivity contribution in [2.75, 3.05) is 13.2 Å². The smallest absolute Gasteiger partial charge is 0.326 e. The number of imide groups is 1. The van der Waals surface area contributed by atoms with Crippen LogP contribution in [-0.2, 0) is 20.9 Å². The molecule has 0 aromatic heterocycles. The van der Waals surface area contributed by atoms with Crippen LogP contribution in [0.1, 0.15) is 62.4 Å². The zero-order chi connectivity index (χ0) is 21.9. The Bertz CT molecular complexity index is 867. The summed E-state index contributed by atoms with van der Waals surface area (Å²) in [5, 5.41) is 2.82. The van der Waals surface area contributed by atoms with Crippen LogP contribution in [0.15, 0.2) is 18.2 Å². The summed E-state index contributed by atoms with van der Waals surface area (Å²) in [6, 6.07) is 4.37. The largest absolute Gasteiger partial charge is 0.493 e. The Kier molecular flexibility index (Phi) is 6.43. The van der Waals surface area contributed by atoms with Gasteiger partial charge in [-0.15, -0.1) is 0 Å². The highest BCUT2D eigenvalue weighted by molar-refractivity contribution is 6.09. The summed E-state index contributed by atoms with van der Waals surface area (Å²) < 4.78 is 10.8. The molecule has 1 aliphatic carbocycles. The summed E-state index contributed by atoms with van der Waals surface area (Å²) >= 11 is 0. The standard InChI is InChI=1S/C22H28N2O6/c1-4-29-18-9-8-16(15(3)25)11-17(18)13-30-19(26)12-24-20(27)22(23-21(24)28)10-6-5-7-14(22)2/h8-9,11,14H,4-7,10,12-13H2,1-3H3,(H,23,28)/t14-,22-/m1/s1. The molecule has 1 N–H and O–H groups in total. The molecule has 1 aromatic rings. The number of Topliss-reactive ketones (excluding diaryl/α,β-unsaturated/α-hetero) is 1. The second-order valence-corrected chi connectivity index (χ2v) is 7.91. The van der Waals surface area contributed by atoms with Crippen molar-refractivity contribution in [3.05, 3.63) is 29.3 Å². The molecule has 1 heterocycles. The molecule has 1 aromatic carbocycles. The maximum atomic E-state index is 12.9. The van der Waals surface area contributed by atoms with E-state index >= 15 is 0 Å². The number of carbonyl (C=O) groups is 4. The molecule has 0 radical (unpaired) electrons. The number of hydrogen-bond donors (Lipinski definition) is 1. The van der Waals surface area contributed by atoms with Gasteiger partial charge in [-0.05, 0) is 50.8 Å². The Hall–Kier alpha value is -2.90. The predicted octanol–water partition coefficient (Wildman–Crippen LogP) is 2.83. The van der Waals surface area contributed by atoms with E-state index in [1.165, 1.54) is 6.92 Å². The first-order valence-electron chi connectivity index (χ1n) is 10.3. The number of rotatable bonds is 7. The number of nitrogens with one attached hydrogen (secondary N) is 1. The summed E-state index contributed by atoms with van der Waals surface area (Å²) in [6.45, 7) is 5.08. The minimum atomic E-state index is -0.909. The molecule has 2 atom stereocenters. The molecule has 8 heteroatoms. The van der Waals surface area contributed by atoms with Crippen molar-refractivity contribution < 1.29 is 28.7 Å². The number of ketones is 1. The molecule has 1 saturated carbocycles. The number of urea groups is 1. The minimum absolute atomic E-state index is 0.0202. The maximum Gasteiger partial charge on any atom is 0.326 e. The van der Waals surface area contributed by atoms with E-state index in [0.717, 1.165) is 24.2 Å². The molecule has 1 aliphatic heterocycles. The van der Waals surface area contributed by atoms with E-state index in [4.69, 9.17) is 9.47 Å². The van der Waals surface area contributed by atoms with Crippen molar-refractivity contribution in [3.8, 4) is 5.75 Å². The van der Waals surface area contributed by atoms with E-state index in [-0.39, 0.29) is 24.2 Å². The molecule has 3 amide bonds. The second kappa shape index (κ2) is 8.85. The van der Waals surface area contributed by atoms with Gasteiger partial charge in [0.05, 0.1) is 6.61 Å². The molecule has 0 bridgehead atoms. The molecule has 3 rings (SSSR count). The van der Waals surface area contributed by atoms with Crippen LogP contribution in [0.25, 0.3) is 0 Å². The van der Waals surface area contributed by atoms with Gasteiger partial charge in [0.2, 0.25) is 0 Å². The van der Waals surface area contributed by atoms with Crippen molar-refractivity contribution in [2.24, 2.45) is 5.92 Å². The topological polar surface area (TPSA) is 102 Å². The lowest BCUT2D eigenvalue weighted by atomic mass is 9.73. The van der Waals surface area contributed by atoms with Crippen LogP contribution >= 0.6 is 0 Å². The first kappa shape index (κ1) is 21.8. The lowest BCUT2D eigenvalue weighted by molar-refractivity contribution is -0.149. The van der Waals surface area contributed by atoms with E-state index in [0.29, 0.717) is 29.9 Å². The highest BCUT2D eigenvalue weighted by Crippen LogP contribution is 2.38. The monoisotopic (exact) mass is 416 g/mol. The molecule has 2 aliphatic rings. The lowest BCUT2D eigenvalue weighted by Gasteiger charge is -2.36. The first-order chi connectivity index (χ1) is 14.3. The Morgan fingerprint density at radius 1 is 1.27 bits per heavy atom. The fourth-order valence-electron chi connectivity index (χ4n) is 4.18. The highest BCUT2D eigenvalue weighted by atomic mass is 16.5. The average Bonchev–Trinajstić information content (AvgIpc) is 2.94. The third-order valence-corrected chi connectivity index (χ3v) is 5.94. The van der Waals surface area contributed by atoms with E-state index < -0.39 is 24.1 Å². The molecule has 1 saturated heterocycles. The van der Waals surface area contributed by atoms with Crippen molar-refractivity contribution in [2.45, 2.75) is 58.6 Å². The second-order valence-electron chi connectivity index (χ2n) is 7.91. The molecule has 30 heavy (non-hydrogen) atoms. The van der Waals surface area contributed by atoms with Crippen LogP contribution in [0, 0.1) is 5.92 Å². The lowest BCUT2D eigenvalue weighted by Crippen LogP contribution is -2.54. The van der Waals surface area contributed by atoms with Crippen LogP contribution in [-0.4, -0.2) is 47.3 Å². The summed E-state index contributed by atoms with van der Waals surface area (Å²) in [5.74, 6) is -0.635. The molecule has 2 fully saturated rings. The summed E-state index contributed by atoms with van der Waals surface area (Å²) in [6.07, 6.45) is 3.33. The molecule has 0 unspecified atom stereocenters. The molecule has 162 valence electrons. The number of hydrogen-bond acceptors (Lipinski definition) is 6. The highest BCUT2D eigenvalue weighted by Gasteiger charge is 2.55. The van der Waals surface area contributed by atoms with Crippen molar-refractivity contribution in [1.82, 2.24) is 10.2 Å². The third kappa shape index (κ3) is 4.17. The normalized spacial score (nSPS) is 23.4. The fraction of sp³-hybridized carbons (Fsp3) is 0.545. The Morgan fingerprint density at radius 3 is 2.70 bits per heavy atom. The number of carbonyl (C=O) groups excluding carboxylic acids is 4. The van der Waals surface area contributed by atoms with Crippen molar-refractivity contribution in [3.63, 3.8) is 0 Å². The van der Waals surface area contributed by atoms with Gasteiger partial charge < -0.3 is 14.8 Å². The predicted molar refractivity (Wildman–Crippen MR) is 108 cm³/mol. The van der Waals surface area contributed by atoms with Crippen LogP contribution in [0.5, 0.6) is 5.75 Å². The van der Waals surface area contributed by atoms with E-state index in [9.17, 15) is 19.2 Å².